The van der Waals surface area contributed by atoms with Gasteiger partial charge < -0.3 is 15.5 Å². The summed E-state index contributed by atoms with van der Waals surface area (Å²) in [6.07, 6.45) is -5.03. The maximum atomic E-state index is 15.0. The number of alkyl halides is 3. The molecule has 3 rings (SSSR count). The fourth-order valence-corrected chi connectivity index (χ4v) is 5.56. The van der Waals surface area contributed by atoms with Crippen LogP contribution in [0.25, 0.3) is 0 Å². The molecule has 0 bridgehead atoms. The molecule has 0 aliphatic carbocycles. The van der Waals surface area contributed by atoms with Gasteiger partial charge in [0.25, 0.3) is 5.91 Å². The number of sulfonamides is 1. The van der Waals surface area contributed by atoms with Crippen LogP contribution >= 0.6 is 11.6 Å². The largest absolute Gasteiger partial charge is 0.390 e. The van der Waals surface area contributed by atoms with E-state index in [0.29, 0.717) is 36.8 Å². The highest BCUT2D eigenvalue weighted by Crippen LogP contribution is 2.33. The lowest BCUT2D eigenvalue weighted by Crippen LogP contribution is -2.54. The van der Waals surface area contributed by atoms with Crippen molar-refractivity contribution in [3.05, 3.63) is 58.1 Å². The molecule has 244 valence electrons. The topological polar surface area (TPSA) is 125 Å². The second kappa shape index (κ2) is 14.8. The monoisotopic (exact) mass is 667 g/mol. The number of carbonyl (C=O) groups excluding carboxylic acids is 2. The highest BCUT2D eigenvalue weighted by molar-refractivity contribution is 7.89. The Morgan fingerprint density at radius 2 is 1.82 bits per heavy atom. The van der Waals surface area contributed by atoms with E-state index in [2.05, 4.69) is 10.6 Å². The number of primary sulfonamides is 1. The summed E-state index contributed by atoms with van der Waals surface area (Å²) in [5.74, 6) is -4.93. The van der Waals surface area contributed by atoms with Crippen molar-refractivity contribution < 1.29 is 40.0 Å². The zero-order valence-electron chi connectivity index (χ0n) is 24.2. The fraction of sp³-hybridized carbons (Fsp3) is 0.500. The lowest BCUT2D eigenvalue weighted by molar-refractivity contribution is -0.139. The predicted octanol–water partition coefficient (Wildman–Crippen LogP) is 4.65. The van der Waals surface area contributed by atoms with Gasteiger partial charge in [-0.25, -0.2) is 22.3 Å². The second-order valence-corrected chi connectivity index (χ2v) is 13.2. The Balaban J connectivity index is 1.75. The second-order valence-electron chi connectivity index (χ2n) is 11.0. The summed E-state index contributed by atoms with van der Waals surface area (Å²) in [4.78, 5) is 28.6. The minimum Gasteiger partial charge on any atom is -0.367 e. The minimum atomic E-state index is -4.28. The molecule has 1 atom stereocenters. The molecular weight excluding hydrogens is 633 g/mol. The highest BCUT2D eigenvalue weighted by atomic mass is 35.5. The Kier molecular flexibility index (Phi) is 12.0. The van der Waals surface area contributed by atoms with E-state index in [0.717, 1.165) is 12.1 Å². The van der Waals surface area contributed by atoms with Crippen molar-refractivity contribution in [1.29, 1.82) is 0 Å². The summed E-state index contributed by atoms with van der Waals surface area (Å²) < 4.78 is 90.6. The number of halogens is 6. The molecule has 1 fully saturated rings. The van der Waals surface area contributed by atoms with Crippen molar-refractivity contribution in [3.63, 3.8) is 0 Å². The normalized spacial score (nSPS) is 16.3. The van der Waals surface area contributed by atoms with E-state index < -0.39 is 70.4 Å². The number of hydrogen-bond acceptors (Lipinski definition) is 6. The molecule has 0 unspecified atom stereocenters. The van der Waals surface area contributed by atoms with Crippen LogP contribution in [-0.4, -0.2) is 69.3 Å². The van der Waals surface area contributed by atoms with E-state index in [1.807, 2.05) is 23.6 Å². The Hall–Kier alpha value is -3.01. The van der Waals surface area contributed by atoms with Gasteiger partial charge in [0.2, 0.25) is 15.9 Å². The first-order valence-corrected chi connectivity index (χ1v) is 15.9. The van der Waals surface area contributed by atoms with Crippen LogP contribution in [-0.2, 0) is 21.4 Å². The number of carbonyl (C=O) groups is 2. The van der Waals surface area contributed by atoms with Crippen LogP contribution in [0, 0.1) is 17.6 Å². The van der Waals surface area contributed by atoms with Gasteiger partial charge in [0.15, 0.2) is 11.6 Å². The van der Waals surface area contributed by atoms with E-state index in [4.69, 9.17) is 16.7 Å². The number of piperazine rings is 1. The number of anilines is 2. The third-order valence-corrected chi connectivity index (χ3v) is 8.08. The molecule has 44 heavy (non-hydrogen) atoms. The zero-order chi connectivity index (χ0) is 32.8. The predicted molar refractivity (Wildman–Crippen MR) is 158 cm³/mol. The number of nitrogens with one attached hydrogen (secondary N) is 2. The quantitative estimate of drug-likeness (QED) is 0.283. The van der Waals surface area contributed by atoms with Crippen molar-refractivity contribution in [1.82, 2.24) is 10.2 Å². The van der Waals surface area contributed by atoms with Gasteiger partial charge in [0, 0.05) is 55.8 Å². The van der Waals surface area contributed by atoms with E-state index >= 15 is 0 Å². The molecule has 0 spiro atoms. The van der Waals surface area contributed by atoms with Crippen LogP contribution < -0.4 is 20.7 Å². The Bertz CT molecular complexity index is 1460. The van der Waals surface area contributed by atoms with Gasteiger partial charge in [-0.05, 0) is 36.6 Å². The smallest absolute Gasteiger partial charge is 0.367 e. The summed E-state index contributed by atoms with van der Waals surface area (Å²) in [5.41, 5.74) is -0.149. The number of nitrogens with zero attached hydrogens (tertiary/aromatic N) is 2. The summed E-state index contributed by atoms with van der Waals surface area (Å²) in [5, 5.41) is 10.0. The van der Waals surface area contributed by atoms with Gasteiger partial charge in [0.05, 0.1) is 29.1 Å². The number of rotatable bonds is 12. The minimum absolute atomic E-state index is 0.131. The number of amides is 2. The Morgan fingerprint density at radius 3 is 2.45 bits per heavy atom. The first-order valence-electron chi connectivity index (χ1n) is 13.8. The van der Waals surface area contributed by atoms with Gasteiger partial charge in [-0.2, -0.15) is 13.2 Å². The SMILES string of the molecule is CC(C)C[C@H]1CN(c2cc(Cl)ccc2NC(=O)c2ccc(CNC(=O)CCS(N)(=O)=O)c(F)c2F)CCN1CCC(F)(F)F. The molecule has 1 saturated heterocycles. The lowest BCUT2D eigenvalue weighted by Gasteiger charge is -2.43. The van der Waals surface area contributed by atoms with E-state index in [9.17, 15) is 40.0 Å². The van der Waals surface area contributed by atoms with Gasteiger partial charge in [-0.3, -0.25) is 14.5 Å². The van der Waals surface area contributed by atoms with Crippen molar-refractivity contribution in [3.8, 4) is 0 Å². The van der Waals surface area contributed by atoms with Crippen LogP contribution in [0.3, 0.4) is 0 Å². The van der Waals surface area contributed by atoms with Crippen LogP contribution in [0.4, 0.5) is 33.3 Å². The number of benzene rings is 2. The maximum Gasteiger partial charge on any atom is 0.390 e. The average molecular weight is 668 g/mol. The van der Waals surface area contributed by atoms with Gasteiger partial charge in [-0.1, -0.05) is 31.5 Å². The third kappa shape index (κ3) is 10.6. The lowest BCUT2D eigenvalue weighted by atomic mass is 9.99. The standard InChI is InChI=1S/C28H35ClF5N5O4S/c1-17(2)13-20-16-39(11-10-38(20)9-8-28(32,33)34)23-14-19(29)4-6-22(23)37-27(41)21-5-3-18(25(30)26(21)31)15-36-24(40)7-12-44(35,42)43/h3-6,14,17,20H,7-13,15-16H2,1-2H3,(H,36,40)(H,37,41)(H2,35,42,43)/t20-/m0/s1. The molecule has 2 amide bonds. The van der Waals surface area contributed by atoms with E-state index in [-0.39, 0.29) is 29.8 Å². The first kappa shape index (κ1) is 35.5. The summed E-state index contributed by atoms with van der Waals surface area (Å²) in [6, 6.07) is 6.56. The molecule has 0 radical (unpaired) electrons. The maximum absolute atomic E-state index is 15.0. The first-order chi connectivity index (χ1) is 20.4. The van der Waals surface area contributed by atoms with Gasteiger partial charge in [-0.15, -0.1) is 0 Å². The van der Waals surface area contributed by atoms with Crippen molar-refractivity contribution in [2.75, 3.05) is 42.1 Å². The van der Waals surface area contributed by atoms with Crippen LogP contribution in [0.5, 0.6) is 0 Å². The molecule has 1 aliphatic rings. The van der Waals surface area contributed by atoms with Crippen molar-refractivity contribution in [2.24, 2.45) is 11.1 Å². The highest BCUT2D eigenvalue weighted by Gasteiger charge is 2.33. The van der Waals surface area contributed by atoms with Crippen molar-refractivity contribution >= 4 is 44.8 Å². The molecule has 16 heteroatoms. The molecule has 2 aromatic rings. The average Bonchev–Trinajstić information content (AvgIpc) is 2.91. The van der Waals surface area contributed by atoms with Crippen LogP contribution in [0.1, 0.15) is 49.0 Å². The zero-order valence-corrected chi connectivity index (χ0v) is 25.8. The summed E-state index contributed by atoms with van der Waals surface area (Å²) in [7, 11) is -3.88. The molecule has 1 aliphatic heterocycles. The molecule has 1 heterocycles. The molecule has 9 nitrogen and oxygen atoms in total. The molecule has 0 aromatic heterocycles. The van der Waals surface area contributed by atoms with Crippen molar-refractivity contribution in [2.45, 2.75) is 51.9 Å². The molecule has 0 saturated carbocycles. The molecule has 4 N–H and O–H groups in total. The number of nitrogens with two attached hydrogens (primary N) is 1. The Labute approximate surface area is 257 Å². The van der Waals surface area contributed by atoms with E-state index in [1.165, 1.54) is 12.1 Å². The number of hydrogen-bond donors (Lipinski definition) is 3. The van der Waals surface area contributed by atoms with E-state index in [1.54, 1.807) is 6.07 Å². The molecule has 2 aromatic carbocycles. The van der Waals surface area contributed by atoms with Gasteiger partial charge in [0.1, 0.15) is 0 Å². The Morgan fingerprint density at radius 1 is 1.11 bits per heavy atom. The molecular formula is C28H35ClF5N5O4S. The summed E-state index contributed by atoms with van der Waals surface area (Å²) >= 11 is 6.25. The van der Waals surface area contributed by atoms with Crippen LogP contribution in [0.2, 0.25) is 5.02 Å². The summed E-state index contributed by atoms with van der Waals surface area (Å²) in [6.45, 7) is 4.42. The van der Waals surface area contributed by atoms with Gasteiger partial charge >= 0.3 is 6.18 Å². The third-order valence-electron chi connectivity index (χ3n) is 7.08. The fourth-order valence-electron chi connectivity index (χ4n) is 4.92. The van der Waals surface area contributed by atoms with Crippen LogP contribution in [0.15, 0.2) is 30.3 Å².